The first-order chi connectivity index (χ1) is 8.84. The summed E-state index contributed by atoms with van der Waals surface area (Å²) in [6.07, 6.45) is 4.16. The molecule has 0 spiro atoms. The van der Waals surface area contributed by atoms with Crippen molar-refractivity contribution in [3.63, 3.8) is 0 Å². The lowest BCUT2D eigenvalue weighted by Crippen LogP contribution is -2.32. The highest BCUT2D eigenvalue weighted by Crippen LogP contribution is 2.15. The molecule has 0 aliphatic carbocycles. The van der Waals surface area contributed by atoms with Gasteiger partial charge in [-0.25, -0.2) is 0 Å². The molecule has 1 heterocycles. The highest BCUT2D eigenvalue weighted by atomic mass is 15.1. The van der Waals surface area contributed by atoms with E-state index < -0.39 is 0 Å². The minimum atomic E-state index is 0.923. The zero-order valence-electron chi connectivity index (χ0n) is 11.6. The average Bonchev–Trinajstić information content (AvgIpc) is 2.61. The second-order valence-electron chi connectivity index (χ2n) is 5.54. The zero-order valence-corrected chi connectivity index (χ0v) is 11.6. The van der Waals surface area contributed by atoms with Crippen LogP contribution in [-0.4, -0.2) is 31.1 Å². The SMILES string of the molecule is CC1CCCN(CCNCc2ccccc2)CC1. The van der Waals surface area contributed by atoms with E-state index in [9.17, 15) is 0 Å². The quantitative estimate of drug-likeness (QED) is 0.804. The molecule has 2 rings (SSSR count). The third kappa shape index (κ3) is 4.79. The van der Waals surface area contributed by atoms with Gasteiger partial charge < -0.3 is 10.2 Å². The molecule has 1 N–H and O–H groups in total. The molecule has 1 fully saturated rings. The summed E-state index contributed by atoms with van der Waals surface area (Å²) < 4.78 is 0. The molecular formula is C16H26N2. The fraction of sp³-hybridized carbons (Fsp3) is 0.625. The summed E-state index contributed by atoms with van der Waals surface area (Å²) in [5, 5.41) is 3.54. The Morgan fingerprint density at radius 3 is 2.83 bits per heavy atom. The summed E-state index contributed by atoms with van der Waals surface area (Å²) in [5.74, 6) is 0.923. The average molecular weight is 246 g/mol. The van der Waals surface area contributed by atoms with E-state index in [1.165, 1.54) is 44.5 Å². The summed E-state index contributed by atoms with van der Waals surface area (Å²) in [4.78, 5) is 2.61. The van der Waals surface area contributed by atoms with E-state index in [0.29, 0.717) is 0 Å². The van der Waals surface area contributed by atoms with Gasteiger partial charge in [0, 0.05) is 19.6 Å². The van der Waals surface area contributed by atoms with Gasteiger partial charge in [-0.1, -0.05) is 37.3 Å². The van der Waals surface area contributed by atoms with Crippen LogP contribution in [0.4, 0.5) is 0 Å². The normalized spacial score (nSPS) is 21.7. The van der Waals surface area contributed by atoms with E-state index in [1.54, 1.807) is 0 Å². The number of hydrogen-bond acceptors (Lipinski definition) is 2. The first-order valence-electron chi connectivity index (χ1n) is 7.31. The van der Waals surface area contributed by atoms with Crippen molar-refractivity contribution in [1.82, 2.24) is 10.2 Å². The van der Waals surface area contributed by atoms with Crippen molar-refractivity contribution < 1.29 is 0 Å². The van der Waals surface area contributed by atoms with Crippen molar-refractivity contribution in [3.05, 3.63) is 35.9 Å². The summed E-state index contributed by atoms with van der Waals surface area (Å²) in [5.41, 5.74) is 1.38. The number of hydrogen-bond donors (Lipinski definition) is 1. The van der Waals surface area contributed by atoms with E-state index in [1.807, 2.05) is 0 Å². The lowest BCUT2D eigenvalue weighted by molar-refractivity contribution is 0.281. The molecule has 1 aliphatic heterocycles. The Morgan fingerprint density at radius 1 is 1.17 bits per heavy atom. The lowest BCUT2D eigenvalue weighted by Gasteiger charge is -2.20. The first-order valence-corrected chi connectivity index (χ1v) is 7.31. The molecule has 2 nitrogen and oxygen atoms in total. The second-order valence-corrected chi connectivity index (χ2v) is 5.54. The molecule has 1 aromatic carbocycles. The van der Waals surface area contributed by atoms with Crippen molar-refractivity contribution in [2.24, 2.45) is 5.92 Å². The monoisotopic (exact) mass is 246 g/mol. The molecule has 0 bridgehead atoms. The van der Waals surface area contributed by atoms with Crippen LogP contribution in [0.15, 0.2) is 30.3 Å². The molecule has 1 atom stereocenters. The smallest absolute Gasteiger partial charge is 0.0206 e. The first kappa shape index (κ1) is 13.6. The van der Waals surface area contributed by atoms with Gasteiger partial charge in [-0.2, -0.15) is 0 Å². The topological polar surface area (TPSA) is 15.3 Å². The summed E-state index contributed by atoms with van der Waals surface area (Å²) in [6.45, 7) is 8.25. The Morgan fingerprint density at radius 2 is 2.00 bits per heavy atom. The van der Waals surface area contributed by atoms with Gasteiger partial charge in [0.15, 0.2) is 0 Å². The van der Waals surface area contributed by atoms with Crippen LogP contribution in [-0.2, 0) is 6.54 Å². The number of rotatable bonds is 5. The molecule has 1 saturated heterocycles. The van der Waals surface area contributed by atoms with Crippen LogP contribution in [0.5, 0.6) is 0 Å². The third-order valence-electron chi connectivity index (χ3n) is 3.89. The van der Waals surface area contributed by atoms with E-state index in [0.717, 1.165) is 19.0 Å². The van der Waals surface area contributed by atoms with Crippen molar-refractivity contribution in [2.75, 3.05) is 26.2 Å². The maximum Gasteiger partial charge on any atom is 0.0206 e. The highest BCUT2D eigenvalue weighted by molar-refractivity contribution is 5.14. The third-order valence-corrected chi connectivity index (χ3v) is 3.89. The number of nitrogens with zero attached hydrogens (tertiary/aromatic N) is 1. The summed E-state index contributed by atoms with van der Waals surface area (Å²) >= 11 is 0. The van der Waals surface area contributed by atoms with Gasteiger partial charge in [-0.3, -0.25) is 0 Å². The summed E-state index contributed by atoms with van der Waals surface area (Å²) in [6, 6.07) is 10.6. The fourth-order valence-electron chi connectivity index (χ4n) is 2.61. The maximum atomic E-state index is 3.54. The molecule has 0 saturated carbocycles. The molecule has 0 amide bonds. The minimum absolute atomic E-state index is 0.923. The zero-order chi connectivity index (χ0) is 12.6. The van der Waals surface area contributed by atoms with Crippen LogP contribution in [0.25, 0.3) is 0 Å². The van der Waals surface area contributed by atoms with Crippen LogP contribution in [0.2, 0.25) is 0 Å². The van der Waals surface area contributed by atoms with E-state index >= 15 is 0 Å². The van der Waals surface area contributed by atoms with Crippen molar-refractivity contribution in [3.8, 4) is 0 Å². The van der Waals surface area contributed by atoms with Gasteiger partial charge in [0.05, 0.1) is 0 Å². The second kappa shape index (κ2) is 7.55. The summed E-state index contributed by atoms with van der Waals surface area (Å²) in [7, 11) is 0. The van der Waals surface area contributed by atoms with Gasteiger partial charge in [0.2, 0.25) is 0 Å². The van der Waals surface area contributed by atoms with Crippen LogP contribution < -0.4 is 5.32 Å². The van der Waals surface area contributed by atoms with E-state index in [2.05, 4.69) is 47.5 Å². The predicted molar refractivity (Wildman–Crippen MR) is 77.6 cm³/mol. The van der Waals surface area contributed by atoms with Gasteiger partial charge in [0.25, 0.3) is 0 Å². The predicted octanol–water partition coefficient (Wildman–Crippen LogP) is 2.90. The molecule has 0 radical (unpaired) electrons. The van der Waals surface area contributed by atoms with Crippen LogP contribution >= 0.6 is 0 Å². The molecule has 0 aromatic heterocycles. The van der Waals surface area contributed by atoms with Gasteiger partial charge in [0.1, 0.15) is 0 Å². The highest BCUT2D eigenvalue weighted by Gasteiger charge is 2.12. The van der Waals surface area contributed by atoms with Gasteiger partial charge in [-0.15, -0.1) is 0 Å². The largest absolute Gasteiger partial charge is 0.311 e. The Balaban J connectivity index is 1.60. The molecule has 1 unspecified atom stereocenters. The fourth-order valence-corrected chi connectivity index (χ4v) is 2.61. The molecule has 1 aliphatic rings. The lowest BCUT2D eigenvalue weighted by atomic mass is 10.0. The van der Waals surface area contributed by atoms with Crippen molar-refractivity contribution >= 4 is 0 Å². The van der Waals surface area contributed by atoms with Gasteiger partial charge >= 0.3 is 0 Å². The number of likely N-dealkylation sites (tertiary alicyclic amines) is 1. The van der Waals surface area contributed by atoms with Crippen molar-refractivity contribution in [2.45, 2.75) is 32.7 Å². The molecular weight excluding hydrogens is 220 g/mol. The van der Waals surface area contributed by atoms with Crippen LogP contribution in [0, 0.1) is 5.92 Å². The Kier molecular flexibility index (Phi) is 5.69. The van der Waals surface area contributed by atoms with Crippen molar-refractivity contribution in [1.29, 1.82) is 0 Å². The van der Waals surface area contributed by atoms with E-state index in [-0.39, 0.29) is 0 Å². The molecule has 2 heteroatoms. The Bertz CT molecular complexity index is 323. The molecule has 18 heavy (non-hydrogen) atoms. The van der Waals surface area contributed by atoms with E-state index in [4.69, 9.17) is 0 Å². The Labute approximate surface area is 111 Å². The standard InChI is InChI=1S/C16H26N2/c1-15-6-5-11-18(12-9-15)13-10-17-14-16-7-3-2-4-8-16/h2-4,7-8,15,17H,5-6,9-14H2,1H3. The molecule has 1 aromatic rings. The van der Waals surface area contributed by atoms with Gasteiger partial charge in [-0.05, 0) is 43.8 Å². The number of benzene rings is 1. The van der Waals surface area contributed by atoms with Crippen LogP contribution in [0.3, 0.4) is 0 Å². The maximum absolute atomic E-state index is 3.54. The number of nitrogens with one attached hydrogen (secondary N) is 1. The Hall–Kier alpha value is -0.860. The minimum Gasteiger partial charge on any atom is -0.311 e. The molecule has 100 valence electrons. The van der Waals surface area contributed by atoms with Crippen LogP contribution in [0.1, 0.15) is 31.7 Å².